The Morgan fingerprint density at radius 1 is 1.37 bits per heavy atom. The monoisotopic (exact) mass is 511 g/mol. The lowest BCUT2D eigenvalue weighted by Crippen LogP contribution is -2.44. The van der Waals surface area contributed by atoms with Crippen LogP contribution in [-0.2, 0) is 21.4 Å². The number of alkyl halides is 2. The number of esters is 1. The first-order valence-electron chi connectivity index (χ1n) is 10.4. The summed E-state index contributed by atoms with van der Waals surface area (Å²) in [5, 5.41) is 12.4. The Bertz CT molecular complexity index is 1250. The largest absolute Gasteiger partial charge is 0.480 e. The number of imidazole rings is 1. The highest BCUT2D eigenvalue weighted by Gasteiger charge is 2.49. The summed E-state index contributed by atoms with van der Waals surface area (Å²) in [6.07, 6.45) is 2.30. The minimum Gasteiger partial charge on any atom is -0.480 e. The van der Waals surface area contributed by atoms with Gasteiger partial charge in [-0.25, -0.2) is 22.9 Å². The molecule has 2 aromatic rings. The van der Waals surface area contributed by atoms with Crippen LogP contribution in [0.1, 0.15) is 23.9 Å². The van der Waals surface area contributed by atoms with Crippen molar-refractivity contribution in [2.24, 2.45) is 12.0 Å². The molecule has 0 amide bonds. The van der Waals surface area contributed by atoms with Crippen LogP contribution in [0.25, 0.3) is 0 Å². The molecule has 4 rings (SSSR count). The fraction of sp³-hybridized carbons (Fsp3) is 0.364. The number of rotatable bonds is 6. The molecule has 9 nitrogen and oxygen atoms in total. The summed E-state index contributed by atoms with van der Waals surface area (Å²) in [4.78, 5) is 34.5. The fourth-order valence-corrected chi connectivity index (χ4v) is 4.49. The molecule has 13 heteroatoms. The minimum atomic E-state index is -3.22. The van der Waals surface area contributed by atoms with Crippen LogP contribution >= 0.6 is 11.6 Å². The highest BCUT2D eigenvalue weighted by molar-refractivity contribution is 6.31. The van der Waals surface area contributed by atoms with Crippen molar-refractivity contribution >= 4 is 29.4 Å². The van der Waals surface area contributed by atoms with Crippen LogP contribution in [0.3, 0.4) is 0 Å². The summed E-state index contributed by atoms with van der Waals surface area (Å²) in [6, 6.07) is 0.990. The molecule has 0 saturated carbocycles. The predicted octanol–water partition coefficient (Wildman–Crippen LogP) is 2.53. The van der Waals surface area contributed by atoms with Crippen molar-refractivity contribution in [1.82, 2.24) is 19.8 Å². The van der Waals surface area contributed by atoms with Gasteiger partial charge in [-0.05, 0) is 12.1 Å². The highest BCUT2D eigenvalue weighted by atomic mass is 35.5. The molecule has 2 aliphatic rings. The molecule has 2 aliphatic heterocycles. The molecule has 3 heterocycles. The first kappa shape index (κ1) is 24.7. The van der Waals surface area contributed by atoms with E-state index in [-0.39, 0.29) is 34.2 Å². The number of likely N-dealkylation sites (tertiary alicyclic amines) is 1. The van der Waals surface area contributed by atoms with Gasteiger partial charge in [0.05, 0.1) is 19.2 Å². The van der Waals surface area contributed by atoms with E-state index in [1.807, 2.05) is 0 Å². The average Bonchev–Trinajstić information content (AvgIpc) is 3.34. The van der Waals surface area contributed by atoms with E-state index >= 15 is 0 Å². The number of hydrogen-bond acceptors (Lipinski definition) is 7. The Morgan fingerprint density at radius 2 is 2.11 bits per heavy atom. The Labute approximate surface area is 202 Å². The van der Waals surface area contributed by atoms with Gasteiger partial charge in [-0.1, -0.05) is 17.7 Å². The van der Waals surface area contributed by atoms with E-state index in [9.17, 15) is 27.9 Å². The van der Waals surface area contributed by atoms with Crippen molar-refractivity contribution < 1.29 is 32.6 Å². The molecule has 1 aromatic heterocycles. The van der Waals surface area contributed by atoms with Gasteiger partial charge in [0, 0.05) is 48.7 Å². The van der Waals surface area contributed by atoms with Crippen LogP contribution in [0.5, 0.6) is 0 Å². The second-order valence-electron chi connectivity index (χ2n) is 8.24. The van der Waals surface area contributed by atoms with Gasteiger partial charge in [0.25, 0.3) is 5.92 Å². The lowest BCUT2D eigenvalue weighted by Gasteiger charge is -2.30. The molecule has 1 aromatic carbocycles. The summed E-state index contributed by atoms with van der Waals surface area (Å²) in [7, 11) is 2.84. The molecule has 2 N–H and O–H groups in total. The SMILES string of the molecule is COC(=O)C1=C(CN2CC(F)(F)CC2C(=O)O)NC(c2nccn2C)=NC1c1ccc(F)cc1Cl. The molecule has 186 valence electrons. The van der Waals surface area contributed by atoms with E-state index in [4.69, 9.17) is 16.3 Å². The summed E-state index contributed by atoms with van der Waals surface area (Å²) in [5.41, 5.74) is 0.290. The number of carbonyl (C=O) groups is 2. The molecule has 2 atom stereocenters. The number of carboxylic acids is 1. The third-order valence-corrected chi connectivity index (χ3v) is 6.16. The molecule has 1 fully saturated rings. The number of aromatic nitrogens is 2. The molecule has 2 unspecified atom stereocenters. The first-order chi connectivity index (χ1) is 16.5. The number of hydrogen-bond donors (Lipinski definition) is 2. The smallest absolute Gasteiger partial charge is 0.338 e. The quantitative estimate of drug-likeness (QED) is 0.574. The minimum absolute atomic E-state index is 0.0169. The topological polar surface area (TPSA) is 109 Å². The number of aliphatic carboxylic acids is 1. The highest BCUT2D eigenvalue weighted by Crippen LogP contribution is 2.38. The van der Waals surface area contributed by atoms with Gasteiger partial charge in [0.15, 0.2) is 11.7 Å². The number of nitrogens with zero attached hydrogens (tertiary/aromatic N) is 4. The van der Waals surface area contributed by atoms with Crippen LogP contribution in [0.2, 0.25) is 5.02 Å². The summed E-state index contributed by atoms with van der Waals surface area (Å²) >= 11 is 6.29. The number of methoxy groups -OCH3 is 1. The van der Waals surface area contributed by atoms with Crippen molar-refractivity contribution in [3.63, 3.8) is 0 Å². The number of carbonyl (C=O) groups excluding carboxylic acids is 1. The van der Waals surface area contributed by atoms with Crippen molar-refractivity contribution in [3.05, 3.63) is 64.1 Å². The summed E-state index contributed by atoms with van der Waals surface area (Å²) in [5.74, 6) is -5.53. The maximum Gasteiger partial charge on any atom is 0.338 e. The summed E-state index contributed by atoms with van der Waals surface area (Å²) in [6.45, 7) is -1.17. The molecule has 35 heavy (non-hydrogen) atoms. The van der Waals surface area contributed by atoms with Gasteiger partial charge in [-0.3, -0.25) is 14.7 Å². The number of benzene rings is 1. The number of ether oxygens (including phenoxy) is 1. The maximum absolute atomic E-state index is 14.1. The third kappa shape index (κ3) is 4.89. The van der Waals surface area contributed by atoms with Gasteiger partial charge < -0.3 is 19.7 Å². The van der Waals surface area contributed by atoms with E-state index in [0.29, 0.717) is 5.82 Å². The zero-order valence-corrected chi connectivity index (χ0v) is 19.4. The number of carboxylic acid groups (broad SMARTS) is 1. The first-order valence-corrected chi connectivity index (χ1v) is 10.8. The molecule has 0 radical (unpaired) electrons. The van der Waals surface area contributed by atoms with E-state index in [1.54, 1.807) is 17.8 Å². The number of nitrogens with one attached hydrogen (secondary N) is 1. The third-order valence-electron chi connectivity index (χ3n) is 5.83. The van der Waals surface area contributed by atoms with Gasteiger partial charge >= 0.3 is 11.9 Å². The van der Waals surface area contributed by atoms with Crippen molar-refractivity contribution in [2.75, 3.05) is 20.2 Å². The lowest BCUT2D eigenvalue weighted by atomic mass is 9.95. The summed E-state index contributed by atoms with van der Waals surface area (Å²) < 4.78 is 48.6. The molecule has 0 aliphatic carbocycles. The maximum atomic E-state index is 14.1. The van der Waals surface area contributed by atoms with Crippen LogP contribution in [0.15, 0.2) is 46.9 Å². The van der Waals surface area contributed by atoms with Gasteiger partial charge in [-0.15, -0.1) is 0 Å². The van der Waals surface area contributed by atoms with Crippen molar-refractivity contribution in [1.29, 1.82) is 0 Å². The van der Waals surface area contributed by atoms with Gasteiger partial charge in [-0.2, -0.15) is 0 Å². The van der Waals surface area contributed by atoms with Crippen molar-refractivity contribution in [2.45, 2.75) is 24.4 Å². The van der Waals surface area contributed by atoms with Crippen LogP contribution in [-0.4, -0.2) is 69.5 Å². The molecule has 1 saturated heterocycles. The van der Waals surface area contributed by atoms with E-state index < -0.39 is 48.7 Å². The second-order valence-corrected chi connectivity index (χ2v) is 8.64. The Balaban J connectivity index is 1.86. The van der Waals surface area contributed by atoms with E-state index in [0.717, 1.165) is 24.1 Å². The Kier molecular flexibility index (Phi) is 6.60. The number of aryl methyl sites for hydroxylation is 1. The standard InChI is InChI=1S/C22H21ClF3N5O4/c1-30-6-5-27-19(30)18-28-14(9-31-10-22(25,26)8-15(31)20(32)33)16(21(34)35-2)17(29-18)12-4-3-11(24)7-13(12)23/h3-7,15,17H,8-10H2,1-2H3,(H,28,29)(H,32,33). The van der Waals surface area contributed by atoms with Crippen LogP contribution in [0.4, 0.5) is 13.2 Å². The second kappa shape index (κ2) is 9.34. The molecular weight excluding hydrogens is 491 g/mol. The van der Waals surface area contributed by atoms with Crippen LogP contribution < -0.4 is 5.32 Å². The van der Waals surface area contributed by atoms with Crippen LogP contribution in [0, 0.1) is 5.82 Å². The van der Waals surface area contributed by atoms with Gasteiger partial charge in [0.2, 0.25) is 0 Å². The number of halogens is 4. The van der Waals surface area contributed by atoms with E-state index in [1.165, 1.54) is 12.3 Å². The lowest BCUT2D eigenvalue weighted by molar-refractivity contribution is -0.142. The Hall–Kier alpha value is -3.38. The molecule has 0 bridgehead atoms. The van der Waals surface area contributed by atoms with E-state index in [2.05, 4.69) is 15.3 Å². The average molecular weight is 512 g/mol. The Morgan fingerprint density at radius 3 is 2.71 bits per heavy atom. The molecular formula is C22H21ClF3N5O4. The zero-order valence-electron chi connectivity index (χ0n) is 18.6. The normalized spacial score (nSPS) is 22.1. The number of amidine groups is 1. The number of aliphatic imine (C=N–C) groups is 1. The predicted molar refractivity (Wildman–Crippen MR) is 119 cm³/mol. The van der Waals surface area contributed by atoms with Crippen molar-refractivity contribution in [3.8, 4) is 0 Å². The molecule has 0 spiro atoms. The zero-order chi connectivity index (χ0) is 25.5. The van der Waals surface area contributed by atoms with Gasteiger partial charge in [0.1, 0.15) is 17.9 Å². The fourth-order valence-electron chi connectivity index (χ4n) is 4.22.